The lowest BCUT2D eigenvalue weighted by molar-refractivity contribution is -0.145. The minimum absolute atomic E-state index is 0.0590. The van der Waals surface area contributed by atoms with Crippen LogP contribution in [0.15, 0.2) is 5.51 Å². The third kappa shape index (κ3) is 3.36. The van der Waals surface area contributed by atoms with Gasteiger partial charge in [0.15, 0.2) is 0 Å². The topological polar surface area (TPSA) is 70.5 Å². The predicted molar refractivity (Wildman–Crippen MR) is 76.4 cm³/mol. The van der Waals surface area contributed by atoms with Crippen LogP contribution in [-0.4, -0.2) is 33.9 Å². The fourth-order valence-electron chi connectivity index (χ4n) is 2.72. The van der Waals surface area contributed by atoms with Gasteiger partial charge in [0.25, 0.3) is 0 Å². The van der Waals surface area contributed by atoms with Crippen molar-refractivity contribution in [2.45, 2.75) is 39.2 Å². The van der Waals surface area contributed by atoms with E-state index < -0.39 is 5.97 Å². The molecule has 0 spiro atoms. The van der Waals surface area contributed by atoms with Crippen LogP contribution >= 0.6 is 11.3 Å². The number of aromatic nitrogens is 1. The summed E-state index contributed by atoms with van der Waals surface area (Å²) in [4.78, 5) is 30.5. The van der Waals surface area contributed by atoms with Gasteiger partial charge in [0, 0.05) is 17.8 Å². The number of amides is 1. The Labute approximate surface area is 122 Å². The lowest BCUT2D eigenvalue weighted by atomic mass is 9.81. The first-order valence-electron chi connectivity index (χ1n) is 6.85. The van der Waals surface area contributed by atoms with Crippen molar-refractivity contribution in [1.82, 2.24) is 9.88 Å². The van der Waals surface area contributed by atoms with E-state index in [9.17, 15) is 9.59 Å². The number of hydrogen-bond acceptors (Lipinski definition) is 4. The molecule has 1 heterocycles. The first kappa shape index (κ1) is 15.0. The number of carboxylic acid groups (broad SMARTS) is 1. The van der Waals surface area contributed by atoms with Gasteiger partial charge >= 0.3 is 5.97 Å². The van der Waals surface area contributed by atoms with Gasteiger partial charge in [-0.25, -0.2) is 4.98 Å². The smallest absolute Gasteiger partial charge is 0.306 e. The van der Waals surface area contributed by atoms with Crippen LogP contribution in [-0.2, 0) is 16.1 Å². The van der Waals surface area contributed by atoms with Crippen LogP contribution in [0.1, 0.15) is 36.3 Å². The van der Waals surface area contributed by atoms with E-state index in [1.165, 1.54) is 0 Å². The lowest BCUT2D eigenvalue weighted by Gasteiger charge is -2.29. The van der Waals surface area contributed by atoms with Gasteiger partial charge in [-0.3, -0.25) is 9.59 Å². The number of carbonyl (C=O) groups excluding carboxylic acids is 1. The number of carboxylic acids is 1. The van der Waals surface area contributed by atoms with E-state index in [4.69, 9.17) is 5.11 Å². The van der Waals surface area contributed by atoms with E-state index in [0.29, 0.717) is 19.4 Å². The van der Waals surface area contributed by atoms with Gasteiger partial charge in [-0.15, -0.1) is 11.3 Å². The molecular formula is C14H20N2O3S. The van der Waals surface area contributed by atoms with Gasteiger partial charge in [-0.1, -0.05) is 6.42 Å². The van der Waals surface area contributed by atoms with E-state index in [1.807, 2.05) is 6.92 Å². The monoisotopic (exact) mass is 296 g/mol. The molecule has 0 radical (unpaired) electrons. The van der Waals surface area contributed by atoms with Gasteiger partial charge in [0.05, 0.1) is 23.7 Å². The number of carbonyl (C=O) groups is 2. The molecule has 5 nitrogen and oxygen atoms in total. The molecule has 1 saturated carbocycles. The van der Waals surface area contributed by atoms with E-state index in [2.05, 4.69) is 4.98 Å². The number of thiazole rings is 1. The van der Waals surface area contributed by atoms with Crippen LogP contribution in [0.25, 0.3) is 0 Å². The number of aryl methyl sites for hydroxylation is 1. The normalized spacial score (nSPS) is 22.5. The molecule has 0 aromatic carbocycles. The molecule has 1 aliphatic rings. The van der Waals surface area contributed by atoms with Crippen LogP contribution < -0.4 is 0 Å². The first-order valence-corrected chi connectivity index (χ1v) is 7.73. The first-order chi connectivity index (χ1) is 9.49. The summed E-state index contributed by atoms with van der Waals surface area (Å²) >= 11 is 1.55. The molecular weight excluding hydrogens is 276 g/mol. The van der Waals surface area contributed by atoms with Gasteiger partial charge in [-0.05, 0) is 26.2 Å². The number of nitrogens with zero attached hydrogens (tertiary/aromatic N) is 2. The Kier molecular flexibility index (Phi) is 4.75. The maximum absolute atomic E-state index is 12.4. The standard InChI is InChI=1S/C14H20N2O3S/c1-9-12(20-8-15-9)7-16(2)13(17)10-4-3-5-11(6-10)14(18)19/h8,10-11H,3-7H2,1-2H3,(H,18,19). The Morgan fingerprint density at radius 3 is 2.75 bits per heavy atom. The Morgan fingerprint density at radius 2 is 2.15 bits per heavy atom. The molecule has 2 rings (SSSR count). The average molecular weight is 296 g/mol. The summed E-state index contributed by atoms with van der Waals surface area (Å²) < 4.78 is 0. The molecule has 0 bridgehead atoms. The highest BCUT2D eigenvalue weighted by Crippen LogP contribution is 2.30. The highest BCUT2D eigenvalue weighted by Gasteiger charge is 2.32. The molecule has 2 unspecified atom stereocenters. The van der Waals surface area contributed by atoms with Crippen LogP contribution in [0.2, 0.25) is 0 Å². The third-order valence-electron chi connectivity index (χ3n) is 3.97. The van der Waals surface area contributed by atoms with Gasteiger partial charge in [0.1, 0.15) is 0 Å². The van der Waals surface area contributed by atoms with Crippen LogP contribution in [0.3, 0.4) is 0 Å². The zero-order valence-electron chi connectivity index (χ0n) is 11.8. The van der Waals surface area contributed by atoms with Crippen molar-refractivity contribution in [2.75, 3.05) is 7.05 Å². The molecule has 1 aromatic rings. The van der Waals surface area contributed by atoms with Crippen molar-refractivity contribution >= 4 is 23.2 Å². The maximum Gasteiger partial charge on any atom is 0.306 e. The van der Waals surface area contributed by atoms with Crippen LogP contribution in [0.4, 0.5) is 0 Å². The van der Waals surface area contributed by atoms with E-state index in [-0.39, 0.29) is 17.7 Å². The molecule has 1 fully saturated rings. The summed E-state index contributed by atoms with van der Waals surface area (Å²) in [6, 6.07) is 0. The highest BCUT2D eigenvalue weighted by atomic mass is 32.1. The van der Waals surface area contributed by atoms with Crippen LogP contribution in [0, 0.1) is 18.8 Å². The third-order valence-corrected chi connectivity index (χ3v) is 4.89. The van der Waals surface area contributed by atoms with Crippen molar-refractivity contribution in [3.05, 3.63) is 16.1 Å². The molecule has 6 heteroatoms. The number of hydrogen-bond donors (Lipinski definition) is 1. The average Bonchev–Trinajstić information content (AvgIpc) is 2.83. The second kappa shape index (κ2) is 6.35. The fraction of sp³-hybridized carbons (Fsp3) is 0.643. The van der Waals surface area contributed by atoms with E-state index in [1.54, 1.807) is 28.8 Å². The Morgan fingerprint density at radius 1 is 1.45 bits per heavy atom. The molecule has 1 amide bonds. The zero-order chi connectivity index (χ0) is 14.7. The summed E-state index contributed by atoms with van der Waals surface area (Å²) in [5, 5.41) is 9.09. The minimum atomic E-state index is -0.775. The second-order valence-corrected chi connectivity index (χ2v) is 6.39. The second-order valence-electron chi connectivity index (χ2n) is 5.45. The molecule has 0 saturated heterocycles. The predicted octanol–water partition coefficient (Wildman–Crippen LogP) is 2.30. The largest absolute Gasteiger partial charge is 0.481 e. The molecule has 2 atom stereocenters. The summed E-state index contributed by atoms with van der Waals surface area (Å²) in [5.41, 5.74) is 2.74. The van der Waals surface area contributed by atoms with Crippen molar-refractivity contribution in [1.29, 1.82) is 0 Å². The fourth-order valence-corrected chi connectivity index (χ4v) is 3.55. The molecule has 1 aromatic heterocycles. The minimum Gasteiger partial charge on any atom is -0.481 e. The van der Waals surface area contributed by atoms with Crippen molar-refractivity contribution < 1.29 is 14.7 Å². The Bertz CT molecular complexity index is 500. The lowest BCUT2D eigenvalue weighted by Crippen LogP contribution is -2.36. The maximum atomic E-state index is 12.4. The van der Waals surface area contributed by atoms with Crippen molar-refractivity contribution in [3.63, 3.8) is 0 Å². The Hall–Kier alpha value is -1.43. The number of rotatable bonds is 4. The number of aliphatic carboxylic acids is 1. The molecule has 1 aliphatic carbocycles. The van der Waals surface area contributed by atoms with Gasteiger partial charge in [0.2, 0.25) is 5.91 Å². The SMILES string of the molecule is Cc1ncsc1CN(C)C(=O)C1CCCC(C(=O)O)C1. The quantitative estimate of drug-likeness (QED) is 0.925. The van der Waals surface area contributed by atoms with E-state index in [0.717, 1.165) is 23.4 Å². The van der Waals surface area contributed by atoms with Crippen molar-refractivity contribution in [3.8, 4) is 0 Å². The molecule has 110 valence electrons. The summed E-state index contributed by atoms with van der Waals surface area (Å²) in [7, 11) is 1.78. The highest BCUT2D eigenvalue weighted by molar-refractivity contribution is 7.09. The summed E-state index contributed by atoms with van der Waals surface area (Å²) in [6.45, 7) is 2.49. The Balaban J connectivity index is 1.96. The molecule has 1 N–H and O–H groups in total. The zero-order valence-corrected chi connectivity index (χ0v) is 12.7. The van der Waals surface area contributed by atoms with Gasteiger partial charge < -0.3 is 10.0 Å². The molecule has 20 heavy (non-hydrogen) atoms. The molecule has 0 aliphatic heterocycles. The summed E-state index contributed by atoms with van der Waals surface area (Å²) in [6.07, 6.45) is 2.78. The summed E-state index contributed by atoms with van der Waals surface area (Å²) in [5.74, 6) is -1.23. The van der Waals surface area contributed by atoms with Crippen LogP contribution in [0.5, 0.6) is 0 Å². The van der Waals surface area contributed by atoms with Crippen molar-refractivity contribution in [2.24, 2.45) is 11.8 Å². The van der Waals surface area contributed by atoms with Gasteiger partial charge in [-0.2, -0.15) is 0 Å². The van der Waals surface area contributed by atoms with E-state index >= 15 is 0 Å².